The first-order valence-corrected chi connectivity index (χ1v) is 7.52. The van der Waals surface area contributed by atoms with Crippen molar-refractivity contribution in [3.05, 3.63) is 36.4 Å². The zero-order valence-corrected chi connectivity index (χ0v) is 13.9. The van der Waals surface area contributed by atoms with Gasteiger partial charge in [-0.15, -0.1) is 0 Å². The number of amides is 2. The van der Waals surface area contributed by atoms with Crippen LogP contribution in [-0.2, 0) is 20.9 Å². The fourth-order valence-corrected chi connectivity index (χ4v) is 2.16. The normalized spacial score (nSPS) is 11.8. The van der Waals surface area contributed by atoms with Gasteiger partial charge in [-0.2, -0.15) is 5.10 Å². The summed E-state index contributed by atoms with van der Waals surface area (Å²) in [7, 11) is 1.46. The van der Waals surface area contributed by atoms with Gasteiger partial charge in [-0.05, 0) is 30.7 Å². The van der Waals surface area contributed by atoms with Crippen LogP contribution in [0, 0.1) is 12.8 Å². The number of hydrogen-bond donors (Lipinski definition) is 2. The van der Waals surface area contributed by atoms with Gasteiger partial charge >= 0.3 is 0 Å². The van der Waals surface area contributed by atoms with Gasteiger partial charge in [0.25, 0.3) is 0 Å². The molecule has 0 saturated heterocycles. The van der Waals surface area contributed by atoms with Crippen LogP contribution in [0.4, 0.5) is 11.4 Å². The second kappa shape index (κ2) is 8.21. The Morgan fingerprint density at radius 3 is 2.75 bits per heavy atom. The number of nitrogens with zero attached hydrogens (tertiary/aromatic N) is 3. The van der Waals surface area contributed by atoms with Crippen LogP contribution in [0.2, 0.25) is 0 Å². The molecule has 24 heavy (non-hydrogen) atoms. The molecule has 2 N–H and O–H groups in total. The number of carbonyl (C=O) groups excluding carboxylic acids is 2. The first-order valence-electron chi connectivity index (χ1n) is 7.52. The molecule has 0 saturated carbocycles. The van der Waals surface area contributed by atoms with E-state index in [1.807, 2.05) is 19.9 Å². The predicted molar refractivity (Wildman–Crippen MR) is 89.5 cm³/mol. The maximum absolute atomic E-state index is 12.2. The number of hydrogen-bond acceptors (Lipinski definition) is 5. The Hall–Kier alpha value is -2.74. The van der Waals surface area contributed by atoms with Gasteiger partial charge < -0.3 is 15.4 Å². The Labute approximate surface area is 140 Å². The van der Waals surface area contributed by atoms with Gasteiger partial charge in [-0.25, -0.2) is 4.98 Å². The highest BCUT2D eigenvalue weighted by molar-refractivity contribution is 5.94. The van der Waals surface area contributed by atoms with Crippen LogP contribution in [-0.4, -0.2) is 40.3 Å². The number of ether oxygens (including phenoxy) is 1. The van der Waals surface area contributed by atoms with Crippen LogP contribution in [0.1, 0.15) is 12.5 Å². The van der Waals surface area contributed by atoms with E-state index < -0.39 is 0 Å². The van der Waals surface area contributed by atoms with Gasteiger partial charge in [0, 0.05) is 18.5 Å². The van der Waals surface area contributed by atoms with Crippen molar-refractivity contribution in [3.63, 3.8) is 0 Å². The maximum Gasteiger partial charge on any atom is 0.250 e. The van der Waals surface area contributed by atoms with E-state index in [-0.39, 0.29) is 24.3 Å². The van der Waals surface area contributed by atoms with Gasteiger partial charge in [0.05, 0.1) is 12.5 Å². The highest BCUT2D eigenvalue weighted by Crippen LogP contribution is 2.20. The van der Waals surface area contributed by atoms with Crippen LogP contribution >= 0.6 is 0 Å². The standard InChI is InChI=1S/C16H21N5O3/c1-11-6-13(4-5-14(11)20-15(22)8-24-3)19-16(23)12(2)7-21-10-17-9-18-21/h4-6,9-10,12H,7-8H2,1-3H3,(H,19,23)(H,20,22). The molecule has 1 aromatic heterocycles. The molecule has 2 rings (SSSR count). The molecule has 128 valence electrons. The summed E-state index contributed by atoms with van der Waals surface area (Å²) < 4.78 is 6.40. The number of rotatable bonds is 7. The predicted octanol–water partition coefficient (Wildman–Crippen LogP) is 1.45. The SMILES string of the molecule is COCC(=O)Nc1ccc(NC(=O)C(C)Cn2cncn2)cc1C. The molecule has 0 aliphatic heterocycles. The van der Waals surface area contributed by atoms with E-state index in [9.17, 15) is 9.59 Å². The van der Waals surface area contributed by atoms with E-state index in [2.05, 4.69) is 20.7 Å². The first kappa shape index (κ1) is 17.6. The summed E-state index contributed by atoms with van der Waals surface area (Å²) in [5, 5.41) is 9.60. The first-order chi connectivity index (χ1) is 11.5. The van der Waals surface area contributed by atoms with Gasteiger partial charge in [0.1, 0.15) is 19.3 Å². The highest BCUT2D eigenvalue weighted by Gasteiger charge is 2.14. The lowest BCUT2D eigenvalue weighted by molar-refractivity contribution is -0.120. The van der Waals surface area contributed by atoms with Crippen LogP contribution in [0.25, 0.3) is 0 Å². The molecule has 0 aliphatic rings. The summed E-state index contributed by atoms with van der Waals surface area (Å²) in [6.07, 6.45) is 3.01. The monoisotopic (exact) mass is 331 g/mol. The van der Waals surface area contributed by atoms with E-state index in [1.54, 1.807) is 23.1 Å². The quantitative estimate of drug-likeness (QED) is 0.800. The average molecular weight is 331 g/mol. The number of carbonyl (C=O) groups is 2. The lowest BCUT2D eigenvalue weighted by Gasteiger charge is -2.14. The molecule has 1 heterocycles. The van der Waals surface area contributed by atoms with Crippen molar-refractivity contribution in [1.82, 2.24) is 14.8 Å². The van der Waals surface area contributed by atoms with Gasteiger partial charge in [0.2, 0.25) is 11.8 Å². The Kier molecular flexibility index (Phi) is 6.02. The number of anilines is 2. The number of aryl methyl sites for hydroxylation is 1. The molecular formula is C16H21N5O3. The van der Waals surface area contributed by atoms with Gasteiger partial charge in [-0.1, -0.05) is 6.92 Å². The molecular weight excluding hydrogens is 310 g/mol. The number of nitrogens with one attached hydrogen (secondary N) is 2. The van der Waals surface area contributed by atoms with Gasteiger partial charge in [-0.3, -0.25) is 14.3 Å². The lowest BCUT2D eigenvalue weighted by atomic mass is 10.1. The molecule has 1 aromatic carbocycles. The van der Waals surface area contributed by atoms with E-state index in [0.717, 1.165) is 5.56 Å². The molecule has 0 radical (unpaired) electrons. The zero-order chi connectivity index (χ0) is 17.5. The molecule has 8 heteroatoms. The van der Waals surface area contributed by atoms with Crippen molar-refractivity contribution in [1.29, 1.82) is 0 Å². The van der Waals surface area contributed by atoms with Crippen molar-refractivity contribution in [2.24, 2.45) is 5.92 Å². The fraction of sp³-hybridized carbons (Fsp3) is 0.375. The lowest BCUT2D eigenvalue weighted by Crippen LogP contribution is -2.24. The van der Waals surface area contributed by atoms with Crippen LogP contribution in [0.3, 0.4) is 0 Å². The summed E-state index contributed by atoms with van der Waals surface area (Å²) in [6.45, 7) is 4.13. The molecule has 8 nitrogen and oxygen atoms in total. The molecule has 1 atom stereocenters. The number of methoxy groups -OCH3 is 1. The van der Waals surface area contributed by atoms with Crippen LogP contribution in [0.15, 0.2) is 30.9 Å². The van der Waals surface area contributed by atoms with Crippen LogP contribution < -0.4 is 10.6 Å². The van der Waals surface area contributed by atoms with E-state index in [1.165, 1.54) is 13.4 Å². The van der Waals surface area contributed by atoms with Crippen molar-refractivity contribution in [2.45, 2.75) is 20.4 Å². The summed E-state index contributed by atoms with van der Waals surface area (Å²) in [5.74, 6) is -0.590. The van der Waals surface area contributed by atoms with Crippen molar-refractivity contribution >= 4 is 23.2 Å². The Morgan fingerprint density at radius 1 is 1.33 bits per heavy atom. The molecule has 0 bridgehead atoms. The summed E-state index contributed by atoms with van der Waals surface area (Å²) in [6, 6.07) is 5.30. The average Bonchev–Trinajstić information content (AvgIpc) is 3.03. The van der Waals surface area contributed by atoms with Crippen molar-refractivity contribution < 1.29 is 14.3 Å². The Balaban J connectivity index is 1.96. The number of aromatic nitrogens is 3. The number of benzene rings is 1. The van der Waals surface area contributed by atoms with Crippen molar-refractivity contribution in [2.75, 3.05) is 24.4 Å². The minimum atomic E-state index is -0.256. The molecule has 2 aromatic rings. The second-order valence-electron chi connectivity index (χ2n) is 5.52. The molecule has 0 aliphatic carbocycles. The third-order valence-electron chi connectivity index (χ3n) is 3.42. The Morgan fingerprint density at radius 2 is 2.12 bits per heavy atom. The molecule has 1 unspecified atom stereocenters. The third kappa shape index (κ3) is 4.88. The summed E-state index contributed by atoms with van der Waals surface area (Å²) in [4.78, 5) is 27.6. The zero-order valence-electron chi connectivity index (χ0n) is 13.9. The summed E-state index contributed by atoms with van der Waals surface area (Å²) in [5.41, 5.74) is 2.21. The third-order valence-corrected chi connectivity index (χ3v) is 3.42. The largest absolute Gasteiger partial charge is 0.375 e. The maximum atomic E-state index is 12.2. The fourth-order valence-electron chi connectivity index (χ4n) is 2.16. The minimum absolute atomic E-state index is 0.00225. The van der Waals surface area contributed by atoms with Crippen molar-refractivity contribution in [3.8, 4) is 0 Å². The molecule has 0 fully saturated rings. The van der Waals surface area contributed by atoms with E-state index in [0.29, 0.717) is 17.9 Å². The molecule has 2 amide bonds. The molecule has 0 spiro atoms. The van der Waals surface area contributed by atoms with Gasteiger partial charge in [0.15, 0.2) is 0 Å². The van der Waals surface area contributed by atoms with E-state index >= 15 is 0 Å². The van der Waals surface area contributed by atoms with E-state index in [4.69, 9.17) is 4.74 Å². The second-order valence-corrected chi connectivity index (χ2v) is 5.52. The minimum Gasteiger partial charge on any atom is -0.375 e. The topological polar surface area (TPSA) is 98.1 Å². The Bertz CT molecular complexity index is 700. The smallest absolute Gasteiger partial charge is 0.250 e. The van der Waals surface area contributed by atoms with Crippen LogP contribution in [0.5, 0.6) is 0 Å². The highest BCUT2D eigenvalue weighted by atomic mass is 16.5. The summed E-state index contributed by atoms with van der Waals surface area (Å²) >= 11 is 0.